The normalized spacial score (nSPS) is 19.9. The summed E-state index contributed by atoms with van der Waals surface area (Å²) in [6, 6.07) is 27.4. The number of likely N-dealkylation sites (tertiary alicyclic amines) is 2. The second-order valence-electron chi connectivity index (χ2n) is 20.4. The highest BCUT2D eigenvalue weighted by Crippen LogP contribution is 2.35. The average molecular weight is 1040 g/mol. The number of carbonyl (C=O) groups is 5. The molecule has 9 rings (SSSR count). The second kappa shape index (κ2) is 23.1. The number of aryl methyl sites for hydroxylation is 1. The summed E-state index contributed by atoms with van der Waals surface area (Å²) in [6.07, 6.45) is 1.14. The first-order chi connectivity index (χ1) is 36.2. The van der Waals surface area contributed by atoms with E-state index < -0.39 is 48.2 Å². The fourth-order valence-corrected chi connectivity index (χ4v) is 11.3. The Kier molecular flexibility index (Phi) is 16.2. The van der Waals surface area contributed by atoms with Crippen LogP contribution >= 0.6 is 11.3 Å². The van der Waals surface area contributed by atoms with Gasteiger partial charge >= 0.3 is 0 Å². The number of hydrogen-bond acceptors (Lipinski definition) is 12. The van der Waals surface area contributed by atoms with Crippen molar-refractivity contribution in [1.29, 1.82) is 0 Å². The van der Waals surface area contributed by atoms with Gasteiger partial charge in [0.05, 0.1) is 46.7 Å². The number of aliphatic hydroxyl groups is 1. The molecule has 2 aromatic heterocycles. The molecule has 3 aliphatic heterocycles. The van der Waals surface area contributed by atoms with Gasteiger partial charge in [0.25, 0.3) is 5.91 Å². The number of amides is 5. The molecule has 6 aromatic rings. The van der Waals surface area contributed by atoms with Gasteiger partial charge < -0.3 is 35.2 Å². The van der Waals surface area contributed by atoms with E-state index in [-0.39, 0.29) is 81.2 Å². The highest BCUT2D eigenvalue weighted by atomic mass is 32.1. The van der Waals surface area contributed by atoms with Gasteiger partial charge in [-0.05, 0) is 65.6 Å². The molecule has 0 radical (unpaired) electrons. The third-order valence-electron chi connectivity index (χ3n) is 14.9. The number of carbonyl (C=O) groups excluding carboxylic acids is 5. The standard InChI is InChI=1S/C57H66N10O7S/c1-7-34(4)50(62-35(5)39-11-9-8-10-12-39)56(72)66-31-45(25-49(66)54(70)59-27-38-15-19-41(20-16-38)52-36(6)60-32-75-52)74-44-22-21-42-29-67(55(71)46(42)24-44)51(33(2)3)57(73)65-30-43(68)23-48(65)53(69)58-26-37-13-17-40(18-14-37)47-28-61-64-63-47/h8-22,24,28,32-35,43,45,48-51,62,68H,7,23,25-27,29-31H2,1-6H3,(H,58,69)(H,59,70)(H,61,63,64)/t34-,35?,43+,45+,48-,49-,50-,51-/m0/s1. The van der Waals surface area contributed by atoms with Crippen LogP contribution in [0.15, 0.2) is 109 Å². The minimum Gasteiger partial charge on any atom is -0.488 e. The molecule has 392 valence electrons. The zero-order valence-corrected chi connectivity index (χ0v) is 44.1. The van der Waals surface area contributed by atoms with Gasteiger partial charge in [0.15, 0.2) is 0 Å². The fourth-order valence-electron chi connectivity index (χ4n) is 10.5. The predicted molar refractivity (Wildman–Crippen MR) is 285 cm³/mol. The number of fused-ring (bicyclic) bond motifs is 1. The van der Waals surface area contributed by atoms with E-state index in [4.69, 9.17) is 4.74 Å². The van der Waals surface area contributed by atoms with Crippen LogP contribution in [0.4, 0.5) is 0 Å². The van der Waals surface area contributed by atoms with Crippen LogP contribution in [0.2, 0.25) is 0 Å². The molecule has 0 aliphatic carbocycles. The Morgan fingerprint density at radius 2 is 1.48 bits per heavy atom. The number of aliphatic hydroxyl groups excluding tert-OH is 1. The van der Waals surface area contributed by atoms with Crippen LogP contribution in [0.25, 0.3) is 21.7 Å². The molecule has 0 spiro atoms. The molecule has 2 saturated heterocycles. The van der Waals surface area contributed by atoms with Gasteiger partial charge in [-0.15, -0.1) is 16.4 Å². The average Bonchev–Trinajstić information content (AvgIpc) is 4.30. The minimum absolute atomic E-state index is 0.0406. The Morgan fingerprint density at radius 1 is 0.827 bits per heavy atom. The highest BCUT2D eigenvalue weighted by Gasteiger charge is 2.47. The topological polar surface area (TPSA) is 215 Å². The zero-order chi connectivity index (χ0) is 52.9. The quantitative estimate of drug-likeness (QED) is 0.0584. The van der Waals surface area contributed by atoms with Crippen molar-refractivity contribution in [2.24, 2.45) is 11.8 Å². The Hall–Kier alpha value is -7.28. The molecule has 8 atom stereocenters. The first-order valence-electron chi connectivity index (χ1n) is 25.9. The molecular formula is C57H66N10O7S. The minimum atomic E-state index is -0.929. The summed E-state index contributed by atoms with van der Waals surface area (Å²) in [4.78, 5) is 82.1. The molecule has 75 heavy (non-hydrogen) atoms. The second-order valence-corrected chi connectivity index (χ2v) is 21.3. The van der Waals surface area contributed by atoms with Crippen molar-refractivity contribution in [3.05, 3.63) is 142 Å². The van der Waals surface area contributed by atoms with Crippen molar-refractivity contribution < 1.29 is 33.8 Å². The lowest BCUT2D eigenvalue weighted by Crippen LogP contribution is -2.55. The first kappa shape index (κ1) is 52.6. The van der Waals surface area contributed by atoms with Gasteiger partial charge in [0, 0.05) is 56.2 Å². The van der Waals surface area contributed by atoms with Gasteiger partial charge in [0.1, 0.15) is 30.0 Å². The van der Waals surface area contributed by atoms with Crippen molar-refractivity contribution in [2.75, 3.05) is 13.1 Å². The summed E-state index contributed by atoms with van der Waals surface area (Å²) in [7, 11) is 0. The summed E-state index contributed by atoms with van der Waals surface area (Å²) in [5, 5.41) is 30.9. The molecule has 0 bridgehead atoms. The maximum Gasteiger partial charge on any atom is 0.255 e. The smallest absolute Gasteiger partial charge is 0.255 e. The maximum atomic E-state index is 14.9. The van der Waals surface area contributed by atoms with E-state index in [2.05, 4.69) is 43.3 Å². The van der Waals surface area contributed by atoms with E-state index in [1.165, 1.54) is 4.90 Å². The Bertz CT molecular complexity index is 2970. The van der Waals surface area contributed by atoms with Crippen LogP contribution in [0, 0.1) is 18.8 Å². The number of nitrogens with one attached hydrogen (secondary N) is 4. The van der Waals surface area contributed by atoms with Crippen LogP contribution in [0.1, 0.15) is 98.2 Å². The number of thiazole rings is 1. The van der Waals surface area contributed by atoms with Gasteiger partial charge in [-0.1, -0.05) is 124 Å². The number of nitrogens with zero attached hydrogens (tertiary/aromatic N) is 6. The zero-order valence-electron chi connectivity index (χ0n) is 43.2. The van der Waals surface area contributed by atoms with E-state index in [1.807, 2.05) is 125 Å². The number of aromatic nitrogens is 4. The van der Waals surface area contributed by atoms with Gasteiger partial charge in [-0.3, -0.25) is 34.4 Å². The maximum absolute atomic E-state index is 14.9. The van der Waals surface area contributed by atoms with Crippen LogP contribution < -0.4 is 20.7 Å². The molecule has 1 unspecified atom stereocenters. The molecule has 0 saturated carbocycles. The lowest BCUT2D eigenvalue weighted by Gasteiger charge is -2.35. The molecule has 17 nitrogen and oxygen atoms in total. The van der Waals surface area contributed by atoms with E-state index in [9.17, 15) is 29.1 Å². The summed E-state index contributed by atoms with van der Waals surface area (Å²) in [5.74, 6) is -1.64. The number of benzene rings is 4. The third kappa shape index (κ3) is 11.7. The molecule has 5 amide bonds. The fraction of sp³-hybridized carbons (Fsp3) is 0.404. The number of rotatable bonds is 19. The number of H-pyrrole nitrogens is 1. The Labute approximate surface area is 441 Å². The van der Waals surface area contributed by atoms with Crippen molar-refractivity contribution in [2.45, 2.75) is 123 Å². The number of aromatic amines is 1. The molecular weight excluding hydrogens is 969 g/mol. The molecule has 2 fully saturated rings. The van der Waals surface area contributed by atoms with E-state index in [1.54, 1.807) is 39.5 Å². The third-order valence-corrected chi connectivity index (χ3v) is 15.9. The van der Waals surface area contributed by atoms with Crippen molar-refractivity contribution in [3.63, 3.8) is 0 Å². The molecule has 5 heterocycles. The van der Waals surface area contributed by atoms with Crippen molar-refractivity contribution >= 4 is 40.9 Å². The Balaban J connectivity index is 0.886. The molecule has 18 heteroatoms. The summed E-state index contributed by atoms with van der Waals surface area (Å²) < 4.78 is 6.63. The monoisotopic (exact) mass is 1030 g/mol. The molecule has 4 aromatic carbocycles. The van der Waals surface area contributed by atoms with Crippen molar-refractivity contribution in [3.8, 4) is 27.4 Å². The van der Waals surface area contributed by atoms with Gasteiger partial charge in [-0.2, -0.15) is 0 Å². The van der Waals surface area contributed by atoms with Crippen LogP contribution in [-0.4, -0.2) is 119 Å². The van der Waals surface area contributed by atoms with Crippen molar-refractivity contribution in [1.82, 2.24) is 51.0 Å². The number of ether oxygens (including phenoxy) is 1. The number of hydrogen-bond donors (Lipinski definition) is 5. The number of β-amino-alcohol motifs (C(OH)–C–C–N with tert-alkyl or cyclic N) is 1. The van der Waals surface area contributed by atoms with E-state index >= 15 is 0 Å². The van der Waals surface area contributed by atoms with Crippen LogP contribution in [0.3, 0.4) is 0 Å². The summed E-state index contributed by atoms with van der Waals surface area (Å²) in [6.45, 7) is 12.6. The van der Waals surface area contributed by atoms with E-state index in [0.29, 0.717) is 16.9 Å². The summed E-state index contributed by atoms with van der Waals surface area (Å²) >= 11 is 1.58. The lowest BCUT2D eigenvalue weighted by molar-refractivity contribution is -0.143. The summed E-state index contributed by atoms with van der Waals surface area (Å²) in [5.41, 5.74) is 9.39. The molecule has 3 aliphatic rings. The Morgan fingerprint density at radius 3 is 2.09 bits per heavy atom. The van der Waals surface area contributed by atoms with Gasteiger partial charge in [0.2, 0.25) is 23.6 Å². The van der Waals surface area contributed by atoms with Gasteiger partial charge in [-0.25, -0.2) is 4.98 Å². The predicted octanol–water partition coefficient (Wildman–Crippen LogP) is 6.59. The largest absolute Gasteiger partial charge is 0.488 e. The lowest BCUT2D eigenvalue weighted by atomic mass is 9.95. The van der Waals surface area contributed by atoms with E-state index in [0.717, 1.165) is 50.5 Å². The highest BCUT2D eigenvalue weighted by molar-refractivity contribution is 7.13. The van der Waals surface area contributed by atoms with Crippen LogP contribution in [-0.2, 0) is 38.8 Å². The SMILES string of the molecule is CC[C@H](C)[C@H](NC(C)c1ccccc1)C(=O)N1C[C@H](Oc2ccc3c(c2)C(=O)N([C@H](C(=O)N2C[C@H](O)C[C@H]2C(=O)NCc2ccc(-c4cnn[nH]4)cc2)C(C)C)C3)C[C@H]1C(=O)NCc1ccc(-c2scnc2C)cc1. The first-order valence-corrected chi connectivity index (χ1v) is 26.8. The van der Waals surface area contributed by atoms with Crippen LogP contribution in [0.5, 0.6) is 5.75 Å². The molecule has 5 N–H and O–H groups in total.